The monoisotopic (exact) mass is 386 g/mol. The Kier molecular flexibility index (Phi) is 5.44. The normalized spacial score (nSPS) is 22.4. The molecule has 0 aliphatic carbocycles. The molecule has 5 nitrogen and oxygen atoms in total. The number of nitrogens with zero attached hydrogens (tertiary/aromatic N) is 2. The molecular weight excluding hydrogens is 362 g/mol. The molecule has 2 aliphatic heterocycles. The summed E-state index contributed by atoms with van der Waals surface area (Å²) in [5.41, 5.74) is 1.86. The van der Waals surface area contributed by atoms with E-state index in [-0.39, 0.29) is 17.3 Å². The number of halogens is 2. The molecule has 1 saturated heterocycles. The molecule has 1 aromatic rings. The van der Waals surface area contributed by atoms with E-state index in [1.165, 1.54) is 11.8 Å². The average Bonchev–Trinajstić information content (AvgIpc) is 3.16. The number of amides is 1. The third kappa shape index (κ3) is 3.67. The van der Waals surface area contributed by atoms with E-state index in [2.05, 4.69) is 5.16 Å². The van der Waals surface area contributed by atoms with E-state index in [1.807, 2.05) is 11.8 Å². The van der Waals surface area contributed by atoms with E-state index in [1.54, 1.807) is 14.0 Å². The number of ether oxygens (including phenoxy) is 1. The van der Waals surface area contributed by atoms with Gasteiger partial charge >= 0.3 is 5.92 Å². The molecule has 2 aliphatic rings. The van der Waals surface area contributed by atoms with Gasteiger partial charge < -0.3 is 14.2 Å². The van der Waals surface area contributed by atoms with Gasteiger partial charge in [-0.2, -0.15) is 8.78 Å². The van der Waals surface area contributed by atoms with Gasteiger partial charge in [-0.15, -0.1) is 11.8 Å². The number of alkyl halides is 2. The molecule has 0 N–H and O–H groups in total. The predicted molar refractivity (Wildman–Crippen MR) is 95.1 cm³/mol. The number of hydrogen-bond acceptors (Lipinski definition) is 5. The van der Waals surface area contributed by atoms with Crippen LogP contribution in [0.25, 0.3) is 0 Å². The average molecular weight is 386 g/mol. The number of aromatic nitrogens is 1. The van der Waals surface area contributed by atoms with Crippen LogP contribution in [0.5, 0.6) is 0 Å². The minimum atomic E-state index is -3.06. The largest absolute Gasteiger partial charge is 0.381 e. The van der Waals surface area contributed by atoms with Gasteiger partial charge in [0, 0.05) is 32.7 Å². The number of carbonyl (C=O) groups excluding carboxylic acids is 1. The number of hydrogen-bond donors (Lipinski definition) is 0. The van der Waals surface area contributed by atoms with E-state index >= 15 is 0 Å². The van der Waals surface area contributed by atoms with Crippen molar-refractivity contribution in [3.05, 3.63) is 27.5 Å². The van der Waals surface area contributed by atoms with Crippen molar-refractivity contribution < 1.29 is 22.8 Å². The van der Waals surface area contributed by atoms with Gasteiger partial charge in [-0.1, -0.05) is 10.7 Å². The Balaban J connectivity index is 1.70. The summed E-state index contributed by atoms with van der Waals surface area (Å²) in [4.78, 5) is 15.4. The molecule has 26 heavy (non-hydrogen) atoms. The molecular formula is C18H24F2N2O3S. The first-order valence-electron chi connectivity index (χ1n) is 8.75. The van der Waals surface area contributed by atoms with Gasteiger partial charge in [-0.25, -0.2) is 0 Å². The summed E-state index contributed by atoms with van der Waals surface area (Å²) in [6, 6.07) is 0. The highest BCUT2D eigenvalue weighted by molar-refractivity contribution is 8.04. The molecule has 0 saturated carbocycles. The molecule has 0 aromatic carbocycles. The van der Waals surface area contributed by atoms with Crippen LogP contribution in [0.15, 0.2) is 15.0 Å². The topological polar surface area (TPSA) is 55.6 Å². The predicted octanol–water partition coefficient (Wildman–Crippen LogP) is 4.18. The lowest BCUT2D eigenvalue weighted by Gasteiger charge is -2.31. The van der Waals surface area contributed by atoms with Crippen LogP contribution >= 0.6 is 11.8 Å². The lowest BCUT2D eigenvalue weighted by Crippen LogP contribution is -2.40. The van der Waals surface area contributed by atoms with Gasteiger partial charge in [0.15, 0.2) is 0 Å². The van der Waals surface area contributed by atoms with Crippen molar-refractivity contribution >= 4 is 17.7 Å². The number of likely N-dealkylation sites (tertiary alicyclic amines) is 1. The van der Waals surface area contributed by atoms with Gasteiger partial charge in [0.1, 0.15) is 5.69 Å². The highest BCUT2D eigenvalue weighted by Gasteiger charge is 2.38. The highest BCUT2D eigenvalue weighted by atomic mass is 32.2. The van der Waals surface area contributed by atoms with Gasteiger partial charge in [-0.3, -0.25) is 4.79 Å². The van der Waals surface area contributed by atoms with Gasteiger partial charge in [0.2, 0.25) is 5.76 Å². The summed E-state index contributed by atoms with van der Waals surface area (Å²) < 4.78 is 37.4. The summed E-state index contributed by atoms with van der Waals surface area (Å²) >= 11 is 1.41. The molecule has 8 heteroatoms. The van der Waals surface area contributed by atoms with Gasteiger partial charge in [0.25, 0.3) is 5.91 Å². The number of thioether (sulfide) groups is 1. The third-order valence-electron chi connectivity index (χ3n) is 5.06. The summed E-state index contributed by atoms with van der Waals surface area (Å²) in [5.74, 6) is -3.44. The maximum Gasteiger partial charge on any atom is 0.304 e. The Morgan fingerprint density at radius 3 is 2.54 bits per heavy atom. The third-order valence-corrected chi connectivity index (χ3v) is 6.49. The van der Waals surface area contributed by atoms with Crippen molar-refractivity contribution in [3.8, 4) is 0 Å². The van der Waals surface area contributed by atoms with Crippen LogP contribution < -0.4 is 0 Å². The lowest BCUT2D eigenvalue weighted by molar-refractivity contribution is -0.128. The number of carbonyl (C=O) groups is 1. The Bertz CT molecular complexity index is 719. The van der Waals surface area contributed by atoms with Crippen LogP contribution in [0, 0.1) is 6.92 Å². The maximum atomic E-state index is 13.6. The number of allylic oxidation sites excluding steroid dienone is 1. The van der Waals surface area contributed by atoms with Gasteiger partial charge in [0.05, 0.1) is 16.3 Å². The van der Waals surface area contributed by atoms with Crippen molar-refractivity contribution in [2.24, 2.45) is 0 Å². The summed E-state index contributed by atoms with van der Waals surface area (Å²) in [6.45, 7) is 5.67. The van der Waals surface area contributed by atoms with Crippen LogP contribution in [0.3, 0.4) is 0 Å². The van der Waals surface area contributed by atoms with E-state index in [0.717, 1.165) is 25.3 Å². The standard InChI is InChI=1S/C18H24F2N2O3S/c1-10-9-13(14-11(2)16(25-21-14)18(3,19)20)26-15(10)17(23)22-7-5-12(24-4)6-8-22/h12-13H,5-9H2,1-4H3/t13-/m1/s1. The van der Waals surface area contributed by atoms with Crippen LogP contribution in [-0.2, 0) is 15.5 Å². The number of piperidine rings is 1. The second-order valence-corrected chi connectivity index (χ2v) is 8.27. The zero-order valence-electron chi connectivity index (χ0n) is 15.5. The molecule has 1 atom stereocenters. The smallest absolute Gasteiger partial charge is 0.304 e. The van der Waals surface area contributed by atoms with Crippen molar-refractivity contribution in [3.63, 3.8) is 0 Å². The fourth-order valence-corrected chi connectivity index (χ4v) is 5.00. The Morgan fingerprint density at radius 2 is 2.00 bits per heavy atom. The summed E-state index contributed by atoms with van der Waals surface area (Å²) in [6.07, 6.45) is 2.49. The Labute approximate surface area is 156 Å². The Hall–Kier alpha value is -1.41. The SMILES string of the molecule is COC1CCN(C(=O)C2=C(C)C[C@H](c3noc(C(C)(F)F)c3C)S2)CC1. The summed E-state index contributed by atoms with van der Waals surface area (Å²) in [5, 5.41) is 3.72. The van der Waals surface area contributed by atoms with Gasteiger partial charge in [-0.05, 0) is 33.1 Å². The summed E-state index contributed by atoms with van der Waals surface area (Å²) in [7, 11) is 1.70. The molecule has 1 fully saturated rings. The van der Waals surface area contributed by atoms with E-state index in [4.69, 9.17) is 9.26 Å². The molecule has 0 spiro atoms. The van der Waals surface area contributed by atoms with Crippen LogP contribution in [0.1, 0.15) is 55.4 Å². The molecule has 0 radical (unpaired) electrons. The van der Waals surface area contributed by atoms with E-state index in [9.17, 15) is 13.6 Å². The first-order chi connectivity index (χ1) is 12.2. The second-order valence-electron chi connectivity index (χ2n) is 7.06. The van der Waals surface area contributed by atoms with Crippen LogP contribution in [0.4, 0.5) is 8.78 Å². The van der Waals surface area contributed by atoms with Crippen molar-refractivity contribution in [2.75, 3.05) is 20.2 Å². The quantitative estimate of drug-likeness (QED) is 0.777. The highest BCUT2D eigenvalue weighted by Crippen LogP contribution is 2.49. The fourth-order valence-electron chi connectivity index (χ4n) is 3.54. The molecule has 1 aromatic heterocycles. The number of methoxy groups -OCH3 is 1. The molecule has 1 amide bonds. The molecule has 0 bridgehead atoms. The first kappa shape index (κ1) is 19.4. The number of rotatable bonds is 4. The fraction of sp³-hybridized carbons (Fsp3) is 0.667. The minimum absolute atomic E-state index is 0.0201. The molecule has 144 valence electrons. The van der Waals surface area contributed by atoms with Crippen molar-refractivity contribution in [2.45, 2.75) is 57.3 Å². The van der Waals surface area contributed by atoms with E-state index in [0.29, 0.717) is 35.7 Å². The van der Waals surface area contributed by atoms with Crippen molar-refractivity contribution in [1.29, 1.82) is 0 Å². The zero-order valence-corrected chi connectivity index (χ0v) is 16.3. The lowest BCUT2D eigenvalue weighted by atomic mass is 10.0. The molecule has 3 rings (SSSR count). The van der Waals surface area contributed by atoms with Crippen LogP contribution in [-0.4, -0.2) is 42.3 Å². The minimum Gasteiger partial charge on any atom is -0.381 e. The Morgan fingerprint density at radius 1 is 1.35 bits per heavy atom. The van der Waals surface area contributed by atoms with Crippen molar-refractivity contribution in [1.82, 2.24) is 10.1 Å². The molecule has 3 heterocycles. The second kappa shape index (κ2) is 7.31. The van der Waals surface area contributed by atoms with Crippen LogP contribution in [0.2, 0.25) is 0 Å². The zero-order chi connectivity index (χ0) is 19.1. The molecule has 0 unspecified atom stereocenters. The maximum absolute atomic E-state index is 13.6. The first-order valence-corrected chi connectivity index (χ1v) is 9.63. The van der Waals surface area contributed by atoms with E-state index < -0.39 is 11.7 Å².